The Morgan fingerprint density at radius 1 is 1.53 bits per heavy atom. The molecule has 1 N–H and O–H groups in total. The van der Waals surface area contributed by atoms with E-state index in [1.807, 2.05) is 0 Å². The molecular weight excluding hydrogens is 350 g/mol. The zero-order chi connectivity index (χ0) is 12.0. The van der Waals surface area contributed by atoms with E-state index in [2.05, 4.69) is 48.0 Å². The maximum atomic E-state index is 11.3. The van der Waals surface area contributed by atoms with Gasteiger partial charge in [0.25, 0.3) is 0 Å². The van der Waals surface area contributed by atoms with Crippen LogP contribution in [0.2, 0.25) is 0 Å². The van der Waals surface area contributed by atoms with Crippen LogP contribution in [-0.2, 0) is 16.3 Å². The molecule has 88 valence electrons. The largest absolute Gasteiger partial charge is 1.00 e. The molecule has 0 aliphatic carbocycles. The predicted molar refractivity (Wildman–Crippen MR) is 61.5 cm³/mol. The van der Waals surface area contributed by atoms with Crippen molar-refractivity contribution in [2.24, 2.45) is 0 Å². The number of amides is 1. The van der Waals surface area contributed by atoms with Gasteiger partial charge in [-0.05, 0) is 6.92 Å². The Bertz CT molecular complexity index is 380. The van der Waals surface area contributed by atoms with Gasteiger partial charge in [-0.2, -0.15) is 0 Å². The molecule has 7 nitrogen and oxygen atoms in total. The van der Waals surface area contributed by atoms with Crippen molar-refractivity contribution in [3.63, 3.8) is 0 Å². The first kappa shape index (κ1) is 17.1. The van der Waals surface area contributed by atoms with Gasteiger partial charge < -0.3 is 15.5 Å². The van der Waals surface area contributed by atoms with Gasteiger partial charge in [-0.15, -0.1) is 10.2 Å². The van der Waals surface area contributed by atoms with E-state index in [-0.39, 0.29) is 47.9 Å². The number of carbonyl (C=O) groups excluding carboxylic acids is 1. The van der Waals surface area contributed by atoms with Crippen LogP contribution in [-0.4, -0.2) is 25.5 Å². The van der Waals surface area contributed by atoms with Crippen LogP contribution in [0, 0.1) is 6.92 Å². The second-order valence-corrected chi connectivity index (χ2v) is 3.99. The van der Waals surface area contributed by atoms with Gasteiger partial charge in [0, 0.05) is 10.8 Å². The van der Waals surface area contributed by atoms with Gasteiger partial charge in [-0.3, -0.25) is 4.79 Å². The third-order valence-corrected chi connectivity index (χ3v) is 2.21. The van der Waals surface area contributed by atoms with E-state index in [4.69, 9.17) is 0 Å². The van der Waals surface area contributed by atoms with E-state index in [0.717, 1.165) is 4.43 Å². The summed E-state index contributed by atoms with van der Waals surface area (Å²) in [6, 6.07) is 0. The third-order valence-electron chi connectivity index (χ3n) is 1.67. The number of nitrogens with one attached hydrogen (secondary N) is 1. The van der Waals surface area contributed by atoms with Crippen molar-refractivity contribution in [1.29, 1.82) is 0 Å². The third kappa shape index (κ3) is 6.02. The van der Waals surface area contributed by atoms with Crippen LogP contribution in [0.5, 0.6) is 0 Å². The molecule has 0 bridgehead atoms. The van der Waals surface area contributed by atoms with Crippen LogP contribution in [0.3, 0.4) is 0 Å². The molecule has 0 aliphatic rings. The van der Waals surface area contributed by atoms with Gasteiger partial charge in [0.2, 0.25) is 5.91 Å². The first-order valence-corrected chi connectivity index (χ1v) is 6.00. The van der Waals surface area contributed by atoms with Gasteiger partial charge in [0.1, 0.15) is 0 Å². The van der Waals surface area contributed by atoms with Gasteiger partial charge in [0.15, 0.2) is 11.6 Å². The fourth-order valence-electron chi connectivity index (χ4n) is 0.959. The number of rotatable bonds is 5. The fraction of sp³-hybridized carbons (Fsp3) is 0.500. The van der Waals surface area contributed by atoms with Crippen LogP contribution in [0.25, 0.3) is 0 Å². The van der Waals surface area contributed by atoms with Crippen molar-refractivity contribution in [2.45, 2.75) is 20.0 Å². The number of aryl methyl sites for hydroxylation is 1. The average molecular weight is 360 g/mol. The number of hydrogen-bond donors (Lipinski definition) is 1. The number of halogens is 1. The summed E-state index contributed by atoms with van der Waals surface area (Å²) in [7, 11) is 0. The Balaban J connectivity index is 0.00000256. The number of alkyl halides is 1. The normalized spacial score (nSPS) is 9.59. The first-order chi connectivity index (χ1) is 7.67. The summed E-state index contributed by atoms with van der Waals surface area (Å²) >= 11 is 2.11. The minimum absolute atomic E-state index is 0. The first-order valence-electron chi connectivity index (χ1n) is 4.48. The molecule has 0 fully saturated rings. The van der Waals surface area contributed by atoms with Crippen LogP contribution in [0.15, 0.2) is 0 Å². The van der Waals surface area contributed by atoms with Crippen LogP contribution >= 0.6 is 22.6 Å². The molecule has 1 rings (SSSR count). The van der Waals surface area contributed by atoms with E-state index in [1.165, 1.54) is 0 Å². The standard InChI is InChI=1S/C8H11IN4O3.Na/c1-5-8(11-7(14)2-3-9)13-12-6(10-5)4-16-15;/h15H,2-4H2,1H3,(H,11,13,14);/q;+1/p-1. The summed E-state index contributed by atoms with van der Waals surface area (Å²) < 4.78 is 0.728. The molecule has 0 aromatic carbocycles. The number of carbonyl (C=O) groups is 1. The van der Waals surface area contributed by atoms with Gasteiger partial charge >= 0.3 is 29.6 Å². The molecule has 1 aromatic heterocycles. The Hall–Kier alpha value is 0.130. The van der Waals surface area contributed by atoms with Gasteiger partial charge in [-0.25, -0.2) is 4.98 Å². The summed E-state index contributed by atoms with van der Waals surface area (Å²) in [6.07, 6.45) is 0.410. The molecule has 0 atom stereocenters. The second kappa shape index (κ2) is 9.11. The van der Waals surface area contributed by atoms with Gasteiger partial charge in [0.05, 0.1) is 12.3 Å². The summed E-state index contributed by atoms with van der Waals surface area (Å²) in [5.41, 5.74) is 0.504. The average Bonchev–Trinajstić information content (AvgIpc) is 2.23. The Morgan fingerprint density at radius 3 is 2.76 bits per heavy atom. The molecule has 0 saturated heterocycles. The van der Waals surface area contributed by atoms with E-state index in [0.29, 0.717) is 17.9 Å². The van der Waals surface area contributed by atoms with Gasteiger partial charge in [-0.1, -0.05) is 22.6 Å². The second-order valence-electron chi connectivity index (χ2n) is 2.91. The SMILES string of the molecule is Cc1nc(CO[O-])nnc1NC(=O)CCI.[Na+]. The van der Waals surface area contributed by atoms with Crippen molar-refractivity contribution >= 4 is 34.3 Å². The monoisotopic (exact) mass is 360 g/mol. The molecule has 0 spiro atoms. The number of anilines is 1. The molecule has 1 aromatic rings. The van der Waals surface area contributed by atoms with E-state index >= 15 is 0 Å². The number of hydrogen-bond acceptors (Lipinski definition) is 6. The summed E-state index contributed by atoms with van der Waals surface area (Å²) in [6.45, 7) is 1.43. The molecule has 1 heterocycles. The minimum atomic E-state index is -0.240. The minimum Gasteiger partial charge on any atom is -0.723 e. The van der Waals surface area contributed by atoms with E-state index in [1.54, 1.807) is 6.92 Å². The predicted octanol–water partition coefficient (Wildman–Crippen LogP) is -3.26. The van der Waals surface area contributed by atoms with Crippen molar-refractivity contribution in [3.05, 3.63) is 11.5 Å². The van der Waals surface area contributed by atoms with Crippen molar-refractivity contribution in [2.75, 3.05) is 9.74 Å². The molecule has 0 radical (unpaired) electrons. The maximum Gasteiger partial charge on any atom is 1.00 e. The van der Waals surface area contributed by atoms with Crippen molar-refractivity contribution in [1.82, 2.24) is 15.2 Å². The van der Waals surface area contributed by atoms with E-state index in [9.17, 15) is 10.1 Å². The Labute approximate surface area is 134 Å². The smallest absolute Gasteiger partial charge is 0.723 e. The van der Waals surface area contributed by atoms with Crippen LogP contribution < -0.4 is 40.1 Å². The molecular formula is C8H10IN4NaO3. The summed E-state index contributed by atoms with van der Waals surface area (Å²) in [4.78, 5) is 18.9. The maximum absolute atomic E-state index is 11.3. The zero-order valence-corrected chi connectivity index (χ0v) is 13.7. The fourth-order valence-corrected chi connectivity index (χ4v) is 1.45. The van der Waals surface area contributed by atoms with E-state index < -0.39 is 0 Å². The Kier molecular flexibility index (Phi) is 9.18. The topological polar surface area (TPSA) is 100 Å². The summed E-state index contributed by atoms with van der Waals surface area (Å²) in [5.74, 6) is 0.366. The number of nitrogens with zero attached hydrogens (tertiary/aromatic N) is 3. The molecule has 9 heteroatoms. The number of aromatic nitrogens is 3. The quantitative estimate of drug-likeness (QED) is 0.195. The van der Waals surface area contributed by atoms with Crippen molar-refractivity contribution < 1.29 is 44.5 Å². The molecule has 0 unspecified atom stereocenters. The molecule has 1 amide bonds. The van der Waals surface area contributed by atoms with Crippen LogP contribution in [0.4, 0.5) is 5.82 Å². The Morgan fingerprint density at radius 2 is 2.24 bits per heavy atom. The summed E-state index contributed by atoms with van der Waals surface area (Å²) in [5, 5.41) is 19.9. The molecule has 0 aliphatic heterocycles. The van der Waals surface area contributed by atoms with Crippen molar-refractivity contribution in [3.8, 4) is 0 Å². The molecule has 0 saturated carbocycles. The van der Waals surface area contributed by atoms with Crippen LogP contribution in [0.1, 0.15) is 17.9 Å². The zero-order valence-electron chi connectivity index (χ0n) is 9.57. The molecule has 17 heavy (non-hydrogen) atoms.